The van der Waals surface area contributed by atoms with Crippen LogP contribution in [0.5, 0.6) is 0 Å². The number of carbonyl (C=O) groups is 3. The first-order valence-electron chi connectivity index (χ1n) is 11.2. The molecular formula is C25H33N3O7. The first-order valence-corrected chi connectivity index (χ1v) is 11.2. The van der Waals surface area contributed by atoms with E-state index >= 15 is 0 Å². The maximum absolute atomic E-state index is 12.5. The molecule has 0 aliphatic heterocycles. The summed E-state index contributed by atoms with van der Waals surface area (Å²) in [5.41, 5.74) is -1.22. The second kappa shape index (κ2) is 12.3. The van der Waals surface area contributed by atoms with Crippen molar-refractivity contribution < 1.29 is 33.3 Å². The molecule has 2 amide bonds. The van der Waals surface area contributed by atoms with E-state index in [0.717, 1.165) is 5.56 Å². The van der Waals surface area contributed by atoms with Crippen LogP contribution < -0.4 is 10.6 Å². The molecule has 0 bridgehead atoms. The first kappa shape index (κ1) is 27.8. The van der Waals surface area contributed by atoms with Gasteiger partial charge in [-0.3, -0.25) is 9.59 Å². The normalized spacial score (nSPS) is 23.6. The predicted molar refractivity (Wildman–Crippen MR) is 126 cm³/mol. The Morgan fingerprint density at radius 2 is 1.86 bits per heavy atom. The van der Waals surface area contributed by atoms with Crippen LogP contribution in [0.2, 0.25) is 0 Å². The summed E-state index contributed by atoms with van der Waals surface area (Å²) in [6.45, 7) is 6.53. The van der Waals surface area contributed by atoms with Gasteiger partial charge in [0, 0.05) is 6.92 Å². The lowest BCUT2D eigenvalue weighted by Crippen LogP contribution is -2.63. The Balaban J connectivity index is 2.30. The van der Waals surface area contributed by atoms with Crippen molar-refractivity contribution in [2.24, 2.45) is 5.92 Å². The van der Waals surface area contributed by atoms with Gasteiger partial charge in [0.05, 0.1) is 37.8 Å². The van der Waals surface area contributed by atoms with E-state index in [1.54, 1.807) is 26.8 Å². The fraction of sp³-hybridized carbons (Fsp3) is 0.520. The molecule has 35 heavy (non-hydrogen) atoms. The van der Waals surface area contributed by atoms with E-state index in [9.17, 15) is 19.6 Å². The van der Waals surface area contributed by atoms with E-state index in [-0.39, 0.29) is 19.8 Å². The third kappa shape index (κ3) is 8.38. The number of alkyl carbamates (subject to hydrolysis) is 1. The van der Waals surface area contributed by atoms with Crippen LogP contribution in [0, 0.1) is 17.2 Å². The summed E-state index contributed by atoms with van der Waals surface area (Å²) < 4.78 is 21.7. The average Bonchev–Trinajstić information content (AvgIpc) is 2.77. The van der Waals surface area contributed by atoms with Crippen molar-refractivity contribution >= 4 is 18.0 Å². The number of methoxy groups -OCH3 is 1. The van der Waals surface area contributed by atoms with Gasteiger partial charge in [0.25, 0.3) is 0 Å². The zero-order valence-electron chi connectivity index (χ0n) is 20.7. The summed E-state index contributed by atoms with van der Waals surface area (Å²) in [5, 5.41) is 15.5. The molecule has 4 atom stereocenters. The van der Waals surface area contributed by atoms with E-state index in [2.05, 4.69) is 16.7 Å². The molecule has 10 heteroatoms. The van der Waals surface area contributed by atoms with Crippen LogP contribution in [0.1, 0.15) is 39.7 Å². The highest BCUT2D eigenvalue weighted by molar-refractivity contribution is 5.78. The Morgan fingerprint density at radius 1 is 1.17 bits per heavy atom. The number of hydrogen-bond acceptors (Lipinski definition) is 8. The molecule has 0 unspecified atom stereocenters. The molecule has 0 spiro atoms. The molecule has 0 fully saturated rings. The van der Waals surface area contributed by atoms with E-state index in [0.29, 0.717) is 0 Å². The average molecular weight is 488 g/mol. The third-order valence-electron chi connectivity index (χ3n) is 5.19. The van der Waals surface area contributed by atoms with E-state index in [1.165, 1.54) is 20.1 Å². The number of nitrogens with one attached hydrogen (secondary N) is 2. The van der Waals surface area contributed by atoms with Crippen LogP contribution in [0.4, 0.5) is 4.79 Å². The summed E-state index contributed by atoms with van der Waals surface area (Å²) in [4.78, 5) is 36.7. The van der Waals surface area contributed by atoms with Crippen molar-refractivity contribution in [3.8, 4) is 6.07 Å². The molecule has 0 saturated carbocycles. The number of ether oxygens (including phenoxy) is 4. The van der Waals surface area contributed by atoms with Gasteiger partial charge >= 0.3 is 12.1 Å². The van der Waals surface area contributed by atoms with Gasteiger partial charge in [-0.25, -0.2) is 4.79 Å². The Hall–Kier alpha value is -3.42. The third-order valence-corrected chi connectivity index (χ3v) is 5.19. The number of nitrogens with zero attached hydrogens (tertiary/aromatic N) is 1. The fourth-order valence-electron chi connectivity index (χ4n) is 3.78. The van der Waals surface area contributed by atoms with Gasteiger partial charge in [-0.1, -0.05) is 42.5 Å². The van der Waals surface area contributed by atoms with Crippen LogP contribution in [0.15, 0.2) is 42.5 Å². The molecule has 0 radical (unpaired) electrons. The largest absolute Gasteiger partial charge is 0.469 e. The minimum atomic E-state index is -1.41. The minimum Gasteiger partial charge on any atom is -0.469 e. The molecule has 0 aromatic heterocycles. The lowest BCUT2D eigenvalue weighted by molar-refractivity contribution is -0.145. The molecule has 0 heterocycles. The maximum atomic E-state index is 12.5. The SMILES string of the molecule is COC(=O)C[C@]1(NC(C)=O)C=C[C@@H](NC(=O)OC(C)(C)C)[C@H](OCOCc2ccccc2)[C@@H]1C#N. The summed E-state index contributed by atoms with van der Waals surface area (Å²) in [5.74, 6) is -2.14. The number of nitriles is 1. The predicted octanol–water partition coefficient (Wildman–Crippen LogP) is 2.59. The molecule has 0 saturated heterocycles. The molecular weight excluding hydrogens is 454 g/mol. The quantitative estimate of drug-likeness (QED) is 0.235. The van der Waals surface area contributed by atoms with E-state index in [4.69, 9.17) is 18.9 Å². The lowest BCUT2D eigenvalue weighted by atomic mass is 9.72. The van der Waals surface area contributed by atoms with Gasteiger partial charge in [-0.05, 0) is 26.3 Å². The highest BCUT2D eigenvalue weighted by Gasteiger charge is 2.50. The van der Waals surface area contributed by atoms with E-state index in [1.807, 2.05) is 30.3 Å². The molecule has 1 aromatic carbocycles. The van der Waals surface area contributed by atoms with Gasteiger partial charge < -0.3 is 29.6 Å². The molecule has 1 aromatic rings. The Labute approximate surface area is 205 Å². The summed E-state index contributed by atoms with van der Waals surface area (Å²) in [6.07, 6.45) is 1.10. The lowest BCUT2D eigenvalue weighted by Gasteiger charge is -2.44. The highest BCUT2D eigenvalue weighted by atomic mass is 16.7. The summed E-state index contributed by atoms with van der Waals surface area (Å²) in [6, 6.07) is 10.8. The fourth-order valence-corrected chi connectivity index (χ4v) is 3.78. The molecule has 1 aliphatic carbocycles. The van der Waals surface area contributed by atoms with Crippen molar-refractivity contribution in [1.82, 2.24) is 10.6 Å². The number of amides is 2. The minimum absolute atomic E-state index is 0.202. The number of carbonyl (C=O) groups excluding carboxylic acids is 3. The van der Waals surface area contributed by atoms with Crippen molar-refractivity contribution in [2.45, 2.75) is 64.0 Å². The summed E-state index contributed by atoms with van der Waals surface area (Å²) in [7, 11) is 1.22. The van der Waals surface area contributed by atoms with Crippen molar-refractivity contribution in [3.05, 3.63) is 48.0 Å². The van der Waals surface area contributed by atoms with Gasteiger partial charge in [-0.15, -0.1) is 0 Å². The summed E-state index contributed by atoms with van der Waals surface area (Å²) >= 11 is 0. The molecule has 2 N–H and O–H groups in total. The molecule has 1 aliphatic rings. The number of hydrogen-bond donors (Lipinski definition) is 2. The van der Waals surface area contributed by atoms with Crippen molar-refractivity contribution in [3.63, 3.8) is 0 Å². The Bertz CT molecular complexity index is 952. The second-order valence-electron chi connectivity index (χ2n) is 9.20. The van der Waals surface area contributed by atoms with Crippen LogP contribution in [-0.4, -0.2) is 55.2 Å². The second-order valence-corrected chi connectivity index (χ2v) is 9.20. The van der Waals surface area contributed by atoms with Crippen LogP contribution in [-0.2, 0) is 35.1 Å². The molecule has 2 rings (SSSR count). The van der Waals surface area contributed by atoms with Crippen LogP contribution >= 0.6 is 0 Å². The topological polar surface area (TPSA) is 136 Å². The van der Waals surface area contributed by atoms with Crippen LogP contribution in [0.25, 0.3) is 0 Å². The number of rotatable bonds is 9. The van der Waals surface area contributed by atoms with E-state index < -0.39 is 47.2 Å². The first-order chi connectivity index (χ1) is 16.5. The highest BCUT2D eigenvalue weighted by Crippen LogP contribution is 2.34. The standard InChI is InChI=1S/C25H33N3O7/c1-17(29)28-25(13-21(30)32-5)12-11-20(27-23(31)35-24(2,3)4)22(19(25)14-26)34-16-33-15-18-9-7-6-8-10-18/h6-12,19-20,22H,13,15-16H2,1-5H3,(H,27,31)(H,28,29)/t19-,20+,22+,25+/m0/s1. The molecule has 10 nitrogen and oxygen atoms in total. The zero-order chi connectivity index (χ0) is 26.1. The van der Waals surface area contributed by atoms with Gasteiger partial charge in [0.1, 0.15) is 24.4 Å². The van der Waals surface area contributed by atoms with Gasteiger partial charge in [0.15, 0.2) is 0 Å². The van der Waals surface area contributed by atoms with Crippen LogP contribution in [0.3, 0.4) is 0 Å². The number of benzene rings is 1. The Kier molecular flexibility index (Phi) is 9.80. The van der Waals surface area contributed by atoms with Gasteiger partial charge in [-0.2, -0.15) is 5.26 Å². The van der Waals surface area contributed by atoms with Gasteiger partial charge in [0.2, 0.25) is 5.91 Å². The maximum Gasteiger partial charge on any atom is 0.408 e. The monoisotopic (exact) mass is 487 g/mol. The smallest absolute Gasteiger partial charge is 0.408 e. The Morgan fingerprint density at radius 3 is 2.43 bits per heavy atom. The van der Waals surface area contributed by atoms with Crippen molar-refractivity contribution in [1.29, 1.82) is 5.26 Å². The number of esters is 1. The zero-order valence-corrected chi connectivity index (χ0v) is 20.7. The molecule has 190 valence electrons. The van der Waals surface area contributed by atoms with Crippen molar-refractivity contribution in [2.75, 3.05) is 13.9 Å².